The summed E-state index contributed by atoms with van der Waals surface area (Å²) in [6, 6.07) is 14.5. The van der Waals surface area contributed by atoms with Gasteiger partial charge >= 0.3 is 12.1 Å². The van der Waals surface area contributed by atoms with Gasteiger partial charge in [-0.25, -0.2) is 14.6 Å². The molecule has 2 aromatic carbocycles. The number of hydrogen-bond acceptors (Lipinski definition) is 9. The van der Waals surface area contributed by atoms with Gasteiger partial charge in [0.1, 0.15) is 29.8 Å². The van der Waals surface area contributed by atoms with Gasteiger partial charge in [-0.15, -0.1) is 0 Å². The van der Waals surface area contributed by atoms with Gasteiger partial charge in [-0.3, -0.25) is 19.2 Å². The predicted octanol–water partition coefficient (Wildman–Crippen LogP) is 1.98. The predicted molar refractivity (Wildman–Crippen MR) is 199 cm³/mol. The van der Waals surface area contributed by atoms with Crippen molar-refractivity contribution in [3.63, 3.8) is 0 Å². The molecule has 1 aliphatic heterocycles. The van der Waals surface area contributed by atoms with Crippen LogP contribution in [0.1, 0.15) is 56.9 Å². The third-order valence-corrected chi connectivity index (χ3v) is 8.88. The van der Waals surface area contributed by atoms with Crippen LogP contribution in [-0.2, 0) is 59.8 Å². The highest BCUT2D eigenvalue weighted by Gasteiger charge is 2.39. The molecular weight excluding hydrogens is 694 g/mol. The van der Waals surface area contributed by atoms with Crippen molar-refractivity contribution >= 4 is 35.7 Å². The van der Waals surface area contributed by atoms with Gasteiger partial charge in [0.25, 0.3) is 0 Å². The number of rotatable bonds is 16. The van der Waals surface area contributed by atoms with E-state index in [0.29, 0.717) is 25.0 Å². The molecule has 15 heteroatoms. The second-order valence-corrected chi connectivity index (χ2v) is 14.2. The summed E-state index contributed by atoms with van der Waals surface area (Å²) in [5.41, 5.74) is 1.63. The fraction of sp³-hybridized carbons (Fsp3) is 0.462. The first-order valence-electron chi connectivity index (χ1n) is 18.0. The molecule has 0 aliphatic carbocycles. The van der Waals surface area contributed by atoms with Gasteiger partial charge in [0.15, 0.2) is 0 Å². The molecule has 0 saturated carbocycles. The Kier molecular flexibility index (Phi) is 14.7. The molecule has 0 spiro atoms. The molecule has 3 aromatic rings. The molecule has 1 fully saturated rings. The number of carbonyl (C=O) groups is 6. The highest BCUT2D eigenvalue weighted by Crippen LogP contribution is 2.21. The monoisotopic (exact) mass is 745 g/mol. The lowest BCUT2D eigenvalue weighted by Gasteiger charge is -2.30. The first kappa shape index (κ1) is 41.0. The maximum Gasteiger partial charge on any atom is 0.408 e. The van der Waals surface area contributed by atoms with Crippen LogP contribution in [0.3, 0.4) is 0 Å². The number of likely N-dealkylation sites (tertiary alicyclic amines) is 1. The molecule has 290 valence electrons. The van der Waals surface area contributed by atoms with Gasteiger partial charge in [0.2, 0.25) is 23.6 Å². The van der Waals surface area contributed by atoms with E-state index in [2.05, 4.69) is 26.3 Å². The summed E-state index contributed by atoms with van der Waals surface area (Å²) in [6.45, 7) is 4.95. The maximum absolute atomic E-state index is 14.1. The van der Waals surface area contributed by atoms with Crippen molar-refractivity contribution in [1.29, 1.82) is 0 Å². The molecule has 2 heterocycles. The van der Waals surface area contributed by atoms with Crippen LogP contribution in [0.25, 0.3) is 0 Å². The van der Waals surface area contributed by atoms with Gasteiger partial charge in [-0.05, 0) is 57.6 Å². The SMILES string of the molecule is COC(=O)[C@@H](Cc1ccccc1)NC(=O)CNC(=O)[C@H](CCc1ccccc1)NC(=O)[C@H]1CCCN1C(=O)[C@H](Cc1cncn1C)NC(=O)OC(C)(C)C. The second-order valence-electron chi connectivity index (χ2n) is 14.2. The summed E-state index contributed by atoms with van der Waals surface area (Å²) in [5, 5.41) is 10.7. The molecule has 1 aromatic heterocycles. The van der Waals surface area contributed by atoms with Gasteiger partial charge in [0, 0.05) is 38.3 Å². The number of methoxy groups -OCH3 is 1. The third-order valence-electron chi connectivity index (χ3n) is 8.88. The summed E-state index contributed by atoms with van der Waals surface area (Å²) in [7, 11) is 3.00. The Bertz CT molecular complexity index is 1740. The Balaban J connectivity index is 1.46. The highest BCUT2D eigenvalue weighted by atomic mass is 16.6. The van der Waals surface area contributed by atoms with Crippen LogP contribution in [0.4, 0.5) is 4.79 Å². The van der Waals surface area contributed by atoms with Crippen LogP contribution in [0.15, 0.2) is 73.2 Å². The molecule has 0 radical (unpaired) electrons. The Morgan fingerprint density at radius 2 is 1.54 bits per heavy atom. The average molecular weight is 746 g/mol. The Labute approximate surface area is 315 Å². The third kappa shape index (κ3) is 12.5. The number of benzene rings is 2. The highest BCUT2D eigenvalue weighted by molar-refractivity contribution is 5.95. The molecule has 1 saturated heterocycles. The molecule has 4 atom stereocenters. The van der Waals surface area contributed by atoms with Crippen LogP contribution >= 0.6 is 0 Å². The van der Waals surface area contributed by atoms with Crippen LogP contribution in [0, 0.1) is 0 Å². The lowest BCUT2D eigenvalue weighted by Crippen LogP contribution is -2.57. The summed E-state index contributed by atoms with van der Waals surface area (Å²) in [4.78, 5) is 85.4. The molecule has 4 rings (SSSR count). The largest absolute Gasteiger partial charge is 0.467 e. The average Bonchev–Trinajstić information content (AvgIpc) is 3.80. The number of aromatic nitrogens is 2. The van der Waals surface area contributed by atoms with Crippen LogP contribution < -0.4 is 21.3 Å². The molecule has 54 heavy (non-hydrogen) atoms. The fourth-order valence-corrected chi connectivity index (χ4v) is 6.16. The quantitative estimate of drug-likeness (QED) is 0.159. The van der Waals surface area contributed by atoms with E-state index >= 15 is 0 Å². The fourth-order valence-electron chi connectivity index (χ4n) is 6.16. The standard InChI is InChI=1S/C39H51N7O8/c1-39(2,3)54-38(52)44-30(22-28-23-40-25-45(28)4)36(50)46-20-12-17-32(46)35(49)43-29(19-18-26-13-8-6-9-14-26)34(48)41-24-33(47)42-31(37(51)53-5)21-27-15-10-7-11-16-27/h6-11,13-16,23,25,29-32H,12,17-22,24H2,1-5H3,(H,41,48)(H,42,47)(H,43,49)(H,44,52)/t29-,30-,31+,32+/m0/s1. The van der Waals surface area contributed by atoms with Gasteiger partial charge in [-0.1, -0.05) is 60.7 Å². The van der Waals surface area contributed by atoms with Crippen molar-refractivity contribution in [2.45, 2.75) is 89.1 Å². The topological polar surface area (TPSA) is 190 Å². The van der Waals surface area contributed by atoms with E-state index in [0.717, 1.165) is 11.1 Å². The van der Waals surface area contributed by atoms with Crippen molar-refractivity contribution < 1.29 is 38.2 Å². The van der Waals surface area contributed by atoms with Gasteiger partial charge in [-0.2, -0.15) is 0 Å². The number of esters is 1. The number of nitrogens with zero attached hydrogens (tertiary/aromatic N) is 3. The number of amides is 5. The summed E-state index contributed by atoms with van der Waals surface area (Å²) in [5.74, 6) is -2.87. The van der Waals surface area contributed by atoms with E-state index < -0.39 is 72.0 Å². The van der Waals surface area contributed by atoms with Gasteiger partial charge in [0.05, 0.1) is 20.0 Å². The van der Waals surface area contributed by atoms with E-state index in [1.165, 1.54) is 12.0 Å². The van der Waals surface area contributed by atoms with Crippen LogP contribution in [0.5, 0.6) is 0 Å². The lowest BCUT2D eigenvalue weighted by atomic mass is 10.0. The first-order chi connectivity index (χ1) is 25.7. The van der Waals surface area contributed by atoms with E-state index in [4.69, 9.17) is 9.47 Å². The first-order valence-corrected chi connectivity index (χ1v) is 18.0. The van der Waals surface area contributed by atoms with Crippen molar-refractivity contribution in [1.82, 2.24) is 35.7 Å². The zero-order chi connectivity index (χ0) is 39.3. The van der Waals surface area contributed by atoms with E-state index in [9.17, 15) is 28.8 Å². The summed E-state index contributed by atoms with van der Waals surface area (Å²) in [6.07, 6.45) is 4.21. The van der Waals surface area contributed by atoms with Crippen molar-refractivity contribution in [2.75, 3.05) is 20.2 Å². The van der Waals surface area contributed by atoms with Crippen molar-refractivity contribution in [3.8, 4) is 0 Å². The number of ether oxygens (including phenoxy) is 2. The number of alkyl carbamates (subject to hydrolysis) is 1. The second kappa shape index (κ2) is 19.4. The Morgan fingerprint density at radius 1 is 0.870 bits per heavy atom. The molecule has 0 bridgehead atoms. The molecular formula is C39H51N7O8. The number of carbonyl (C=O) groups excluding carboxylic acids is 6. The molecule has 4 N–H and O–H groups in total. The molecule has 0 unspecified atom stereocenters. The van der Waals surface area contributed by atoms with Crippen molar-refractivity contribution in [2.24, 2.45) is 7.05 Å². The smallest absolute Gasteiger partial charge is 0.408 e. The van der Waals surface area contributed by atoms with Gasteiger partial charge < -0.3 is 40.2 Å². The number of imidazole rings is 1. The van der Waals surface area contributed by atoms with Crippen molar-refractivity contribution in [3.05, 3.63) is 90.0 Å². The number of nitrogens with one attached hydrogen (secondary N) is 4. The van der Waals surface area contributed by atoms with E-state index in [1.807, 2.05) is 60.7 Å². The lowest BCUT2D eigenvalue weighted by molar-refractivity contribution is -0.145. The zero-order valence-corrected chi connectivity index (χ0v) is 31.5. The number of aryl methyl sites for hydroxylation is 2. The molecule has 15 nitrogen and oxygen atoms in total. The summed E-state index contributed by atoms with van der Waals surface area (Å²) < 4.78 is 12.0. The van der Waals surface area contributed by atoms with E-state index in [1.54, 1.807) is 44.9 Å². The van der Waals surface area contributed by atoms with Crippen LogP contribution in [-0.4, -0.2) is 100 Å². The Hall–Kier alpha value is -5.73. The molecule has 5 amide bonds. The minimum Gasteiger partial charge on any atom is -0.467 e. The normalized spacial score (nSPS) is 15.6. The van der Waals surface area contributed by atoms with E-state index in [-0.39, 0.29) is 25.8 Å². The summed E-state index contributed by atoms with van der Waals surface area (Å²) >= 11 is 0. The minimum atomic E-state index is -1.06. The minimum absolute atomic E-state index is 0.103. The molecule has 1 aliphatic rings. The maximum atomic E-state index is 14.1. The zero-order valence-electron chi connectivity index (χ0n) is 31.5. The Morgan fingerprint density at radius 3 is 2.15 bits per heavy atom. The number of hydrogen-bond donors (Lipinski definition) is 4. The van der Waals surface area contributed by atoms with Crippen LogP contribution in [0.2, 0.25) is 0 Å².